The number of pyridine rings is 1. The second kappa shape index (κ2) is 13.7. The van der Waals surface area contributed by atoms with Gasteiger partial charge in [-0.2, -0.15) is 0 Å². The lowest BCUT2D eigenvalue weighted by Crippen LogP contribution is -2.47. The molecule has 6 rings (SSSR count). The van der Waals surface area contributed by atoms with Crippen LogP contribution in [0.1, 0.15) is 70.9 Å². The van der Waals surface area contributed by atoms with Gasteiger partial charge >= 0.3 is 0 Å². The number of nitrogens with zero attached hydrogens (tertiary/aromatic N) is 2. The van der Waals surface area contributed by atoms with Crippen molar-refractivity contribution in [2.75, 3.05) is 51.2 Å². The first-order chi connectivity index (χ1) is 22.4. The smallest absolute Gasteiger partial charge is 0.255 e. The molecule has 3 aliphatic rings. The third-order valence-electron chi connectivity index (χ3n) is 9.37. The number of aromatic nitrogens is 1. The number of allylic oxidation sites excluding steroid dienone is 1. The van der Waals surface area contributed by atoms with E-state index in [1.54, 1.807) is 24.3 Å². The first-order valence-electron chi connectivity index (χ1n) is 16.0. The zero-order chi connectivity index (χ0) is 32.2. The maximum Gasteiger partial charge on any atom is 0.255 e. The first kappa shape index (κ1) is 31.3. The maximum absolute atomic E-state index is 13.8. The normalized spacial score (nSPS) is 18.6. The summed E-state index contributed by atoms with van der Waals surface area (Å²) in [5.41, 5.74) is 4.63. The lowest BCUT2D eigenvalue weighted by molar-refractivity contribution is 0.0952. The molecule has 3 aromatic rings. The first-order valence-corrected chi connectivity index (χ1v) is 16.0. The number of benzene rings is 2. The molecule has 2 atom stereocenters. The Morgan fingerprint density at radius 3 is 2.41 bits per heavy atom. The van der Waals surface area contributed by atoms with Gasteiger partial charge in [0.1, 0.15) is 0 Å². The number of methoxy groups -OCH3 is 3. The van der Waals surface area contributed by atoms with E-state index >= 15 is 0 Å². The molecule has 2 amide bonds. The van der Waals surface area contributed by atoms with Crippen molar-refractivity contribution in [3.05, 3.63) is 87.4 Å². The molecule has 1 saturated heterocycles. The summed E-state index contributed by atoms with van der Waals surface area (Å²) in [4.78, 5) is 42.0. The van der Waals surface area contributed by atoms with Crippen molar-refractivity contribution in [2.24, 2.45) is 5.92 Å². The van der Waals surface area contributed by atoms with Gasteiger partial charge in [-0.3, -0.25) is 14.4 Å². The summed E-state index contributed by atoms with van der Waals surface area (Å²) in [5.74, 6) is 1.02. The van der Waals surface area contributed by atoms with Crippen LogP contribution in [-0.4, -0.2) is 57.3 Å². The third kappa shape index (κ3) is 6.47. The lowest BCUT2D eigenvalue weighted by Gasteiger charge is -2.44. The second-order valence-corrected chi connectivity index (χ2v) is 12.3. The molecule has 10 heteroatoms. The van der Waals surface area contributed by atoms with Crippen molar-refractivity contribution in [3.63, 3.8) is 0 Å². The van der Waals surface area contributed by atoms with Crippen molar-refractivity contribution >= 4 is 23.2 Å². The molecule has 0 saturated carbocycles. The number of hydrogen-bond donors (Lipinski definition) is 2. The van der Waals surface area contributed by atoms with Crippen molar-refractivity contribution in [1.29, 1.82) is 0 Å². The van der Waals surface area contributed by atoms with E-state index in [9.17, 15) is 14.4 Å². The molecule has 1 aromatic heterocycles. The number of carbonyl (C=O) groups excluding carboxylic acids is 2. The fraction of sp³-hybridized carbons (Fsp3) is 0.417. The van der Waals surface area contributed by atoms with Crippen molar-refractivity contribution in [2.45, 2.75) is 51.0 Å². The summed E-state index contributed by atoms with van der Waals surface area (Å²) in [6.45, 7) is 2.64. The van der Waals surface area contributed by atoms with E-state index < -0.39 is 0 Å². The molecule has 2 bridgehead atoms. The van der Waals surface area contributed by atoms with E-state index in [0.29, 0.717) is 53.7 Å². The summed E-state index contributed by atoms with van der Waals surface area (Å²) >= 11 is 0. The summed E-state index contributed by atoms with van der Waals surface area (Å²) in [5, 5.41) is 6.15. The van der Waals surface area contributed by atoms with E-state index in [-0.39, 0.29) is 29.2 Å². The third-order valence-corrected chi connectivity index (χ3v) is 9.37. The van der Waals surface area contributed by atoms with Crippen LogP contribution in [-0.2, 0) is 6.54 Å². The van der Waals surface area contributed by atoms with Crippen LogP contribution in [0.25, 0.3) is 0 Å². The number of rotatable bonds is 10. The summed E-state index contributed by atoms with van der Waals surface area (Å²) in [7, 11) is 4.52. The van der Waals surface area contributed by atoms with Crippen LogP contribution in [0.2, 0.25) is 0 Å². The molecule has 2 aliphatic heterocycles. The number of ether oxygens (including phenoxy) is 3. The van der Waals surface area contributed by atoms with Gasteiger partial charge in [0.25, 0.3) is 17.4 Å². The number of carbonyl (C=O) groups is 2. The van der Waals surface area contributed by atoms with Crippen molar-refractivity contribution in [1.82, 2.24) is 9.88 Å². The molecule has 46 heavy (non-hydrogen) atoms. The zero-order valence-corrected chi connectivity index (χ0v) is 26.8. The van der Waals surface area contributed by atoms with Crippen LogP contribution in [0.5, 0.6) is 17.2 Å². The average Bonchev–Trinajstić information content (AvgIpc) is 3.08. The predicted octanol–water partition coefficient (Wildman–Crippen LogP) is 5.37. The molecule has 2 aromatic carbocycles. The Morgan fingerprint density at radius 2 is 1.70 bits per heavy atom. The van der Waals surface area contributed by atoms with Crippen molar-refractivity contribution in [3.8, 4) is 17.2 Å². The van der Waals surface area contributed by atoms with Gasteiger partial charge in [-0.15, -0.1) is 0 Å². The number of nitrogens with one attached hydrogen (secondary N) is 2. The Hall–Kier alpha value is -4.73. The molecule has 0 radical (unpaired) electrons. The van der Waals surface area contributed by atoms with Gasteiger partial charge in [-0.1, -0.05) is 17.7 Å². The molecule has 1 fully saturated rings. The molecule has 242 valence electrons. The lowest BCUT2D eigenvalue weighted by atomic mass is 9.83. The highest BCUT2D eigenvalue weighted by Crippen LogP contribution is 2.41. The quantitative estimate of drug-likeness (QED) is 0.291. The fourth-order valence-electron chi connectivity index (χ4n) is 7.12. The van der Waals surface area contributed by atoms with Crippen LogP contribution in [0.4, 0.5) is 11.4 Å². The monoisotopic (exact) mass is 626 g/mol. The Bertz CT molecular complexity index is 1690. The molecular weight excluding hydrogens is 584 g/mol. The van der Waals surface area contributed by atoms with Crippen LogP contribution >= 0.6 is 0 Å². The summed E-state index contributed by atoms with van der Waals surface area (Å²) in [6, 6.07) is 14.2. The fourth-order valence-corrected chi connectivity index (χ4v) is 7.12. The Kier molecular flexibility index (Phi) is 9.33. The Morgan fingerprint density at radius 1 is 0.891 bits per heavy atom. The maximum atomic E-state index is 13.8. The van der Waals surface area contributed by atoms with Gasteiger partial charge in [-0.05, 0) is 80.8 Å². The highest BCUT2D eigenvalue weighted by Gasteiger charge is 2.35. The highest BCUT2D eigenvalue weighted by atomic mass is 16.5. The minimum absolute atomic E-state index is 0.0362. The van der Waals surface area contributed by atoms with E-state index in [2.05, 4.69) is 21.6 Å². The molecule has 0 spiro atoms. The van der Waals surface area contributed by atoms with Gasteiger partial charge in [-0.25, -0.2) is 0 Å². The Labute approximate surface area is 269 Å². The largest absolute Gasteiger partial charge is 0.493 e. The number of hydrogen-bond acceptors (Lipinski definition) is 7. The van der Waals surface area contributed by atoms with Gasteiger partial charge in [0.15, 0.2) is 11.5 Å². The van der Waals surface area contributed by atoms with Gasteiger partial charge in [0.2, 0.25) is 5.75 Å². The van der Waals surface area contributed by atoms with Crippen LogP contribution in [0.3, 0.4) is 0 Å². The number of fused-ring (bicyclic) bond motifs is 4. The summed E-state index contributed by atoms with van der Waals surface area (Å²) in [6.07, 6.45) is 8.79. The minimum Gasteiger partial charge on any atom is -0.493 e. The molecule has 0 unspecified atom stereocenters. The van der Waals surface area contributed by atoms with Crippen LogP contribution in [0.15, 0.2) is 65.0 Å². The van der Waals surface area contributed by atoms with Crippen LogP contribution < -0.4 is 35.3 Å². The number of amides is 2. The van der Waals surface area contributed by atoms with Crippen LogP contribution in [0, 0.1) is 5.92 Å². The molecule has 10 nitrogen and oxygen atoms in total. The van der Waals surface area contributed by atoms with Gasteiger partial charge in [0, 0.05) is 55.0 Å². The number of anilines is 2. The van der Waals surface area contributed by atoms with Gasteiger partial charge in [0.05, 0.1) is 32.7 Å². The SMILES string of the molecule is COc1cc(C(=O)Nc2cc(C(=O)NCCC3=CCCCC3)ccc2N2C[C@H]3C[C@@H](C2)c2cccc(=O)n2C3)cc(OC)c1OC. The topological polar surface area (TPSA) is 111 Å². The molecule has 1 aliphatic carbocycles. The average molecular weight is 627 g/mol. The Balaban J connectivity index is 1.29. The second-order valence-electron chi connectivity index (χ2n) is 12.3. The summed E-state index contributed by atoms with van der Waals surface area (Å²) < 4.78 is 18.3. The van der Waals surface area contributed by atoms with E-state index in [0.717, 1.165) is 43.6 Å². The number of piperidine rings is 1. The zero-order valence-electron chi connectivity index (χ0n) is 26.8. The van der Waals surface area contributed by atoms with E-state index in [1.165, 1.54) is 39.7 Å². The highest BCUT2D eigenvalue weighted by molar-refractivity contribution is 6.08. The molecule has 2 N–H and O–H groups in total. The standard InChI is InChI=1S/C36H42N4O6/c1-44-31-18-26(19-32(45-2)34(31)46-3)36(43)38-28-17-25(35(42)37-15-14-23-8-5-4-6-9-23)12-13-30(28)39-20-24-16-27(22-39)29-10-7-11-33(41)40(29)21-24/h7-8,10-13,17-19,24,27H,4-6,9,14-16,20-22H2,1-3H3,(H,37,42)(H,38,43)/t24-,27+/m1/s1. The van der Waals surface area contributed by atoms with Crippen molar-refractivity contribution < 1.29 is 23.8 Å². The van der Waals surface area contributed by atoms with E-state index in [4.69, 9.17) is 14.2 Å². The molecule has 3 heterocycles. The molecular formula is C36H42N4O6. The minimum atomic E-state index is -0.378. The van der Waals surface area contributed by atoms with E-state index in [1.807, 2.05) is 28.8 Å². The predicted molar refractivity (Wildman–Crippen MR) is 178 cm³/mol. The van der Waals surface area contributed by atoms with Gasteiger partial charge < -0.3 is 34.3 Å².